The number of amides is 1. The fourth-order valence-electron chi connectivity index (χ4n) is 4.52. The maximum atomic E-state index is 13.8. The second kappa shape index (κ2) is 6.99. The van der Waals surface area contributed by atoms with Crippen molar-refractivity contribution >= 4 is 34.1 Å². The lowest BCUT2D eigenvalue weighted by Crippen LogP contribution is -2.38. The summed E-state index contributed by atoms with van der Waals surface area (Å²) in [7, 11) is 0. The summed E-state index contributed by atoms with van der Waals surface area (Å²) >= 11 is 5.90. The summed E-state index contributed by atoms with van der Waals surface area (Å²) in [6.07, 6.45) is 4.83. The number of rotatable bonds is 3. The largest absolute Gasteiger partial charge is 0.371 e. The summed E-state index contributed by atoms with van der Waals surface area (Å²) < 4.78 is 13.8. The van der Waals surface area contributed by atoms with Crippen LogP contribution in [0.2, 0.25) is 5.02 Å². The van der Waals surface area contributed by atoms with Gasteiger partial charge in [-0.15, -0.1) is 0 Å². The second-order valence-electron chi connectivity index (χ2n) is 8.08. The van der Waals surface area contributed by atoms with Crippen molar-refractivity contribution in [3.05, 3.63) is 71.1 Å². The van der Waals surface area contributed by atoms with E-state index >= 15 is 0 Å². The monoisotopic (exact) mass is 409 g/mol. The van der Waals surface area contributed by atoms with Crippen LogP contribution < -0.4 is 10.2 Å². The van der Waals surface area contributed by atoms with Crippen molar-refractivity contribution in [3.63, 3.8) is 0 Å². The van der Waals surface area contributed by atoms with Crippen LogP contribution in [0.15, 0.2) is 54.7 Å². The molecule has 148 valence electrons. The van der Waals surface area contributed by atoms with Crippen LogP contribution in [0, 0.1) is 11.2 Å². The minimum absolute atomic E-state index is 0.0402. The first-order valence-corrected chi connectivity index (χ1v) is 10.3. The summed E-state index contributed by atoms with van der Waals surface area (Å²) in [4.78, 5) is 19.1. The van der Waals surface area contributed by atoms with Gasteiger partial charge in [0.15, 0.2) is 0 Å². The highest BCUT2D eigenvalue weighted by atomic mass is 35.5. The van der Waals surface area contributed by atoms with E-state index in [0.29, 0.717) is 10.6 Å². The minimum Gasteiger partial charge on any atom is -0.371 e. The first kappa shape index (κ1) is 18.4. The maximum absolute atomic E-state index is 13.8. The van der Waals surface area contributed by atoms with Gasteiger partial charge in [-0.3, -0.25) is 9.78 Å². The average molecular weight is 410 g/mol. The number of halogens is 2. The molecule has 0 bridgehead atoms. The van der Waals surface area contributed by atoms with Gasteiger partial charge in [-0.2, -0.15) is 0 Å². The van der Waals surface area contributed by atoms with Gasteiger partial charge in [0, 0.05) is 47.0 Å². The fraction of sp³-hybridized carbons (Fsp3) is 0.304. The summed E-state index contributed by atoms with van der Waals surface area (Å²) in [5.41, 5.74) is 2.67. The lowest BCUT2D eigenvalue weighted by Gasteiger charge is -2.35. The third kappa shape index (κ3) is 3.44. The molecule has 1 aliphatic carbocycles. The molecule has 2 aliphatic rings. The van der Waals surface area contributed by atoms with Gasteiger partial charge in [-0.05, 0) is 73.2 Å². The number of hydrogen-bond acceptors (Lipinski definition) is 3. The average Bonchev–Trinajstić information content (AvgIpc) is 3.39. The molecule has 2 fully saturated rings. The fourth-order valence-corrected chi connectivity index (χ4v) is 4.65. The van der Waals surface area contributed by atoms with Crippen molar-refractivity contribution in [2.75, 3.05) is 18.0 Å². The van der Waals surface area contributed by atoms with Crippen molar-refractivity contribution in [2.45, 2.75) is 25.3 Å². The third-order valence-corrected chi connectivity index (χ3v) is 6.63. The molecule has 1 spiro atoms. The molecule has 5 rings (SSSR count). The lowest BCUT2D eigenvalue weighted by atomic mass is 9.92. The summed E-state index contributed by atoms with van der Waals surface area (Å²) in [5, 5.41) is 4.66. The molecule has 1 unspecified atom stereocenters. The molecule has 1 amide bonds. The number of carbonyl (C=O) groups excluding carboxylic acids is 1. The van der Waals surface area contributed by atoms with Crippen LogP contribution in [0.25, 0.3) is 10.9 Å². The van der Waals surface area contributed by atoms with E-state index in [0.717, 1.165) is 48.9 Å². The molecule has 1 saturated carbocycles. The molecule has 4 nitrogen and oxygen atoms in total. The number of nitrogens with one attached hydrogen (secondary N) is 1. The van der Waals surface area contributed by atoms with Crippen LogP contribution in [0.3, 0.4) is 0 Å². The molecule has 6 heteroatoms. The highest BCUT2D eigenvalue weighted by molar-refractivity contribution is 6.30. The normalized spacial score (nSPS) is 20.1. The molecule has 1 aromatic heterocycles. The van der Waals surface area contributed by atoms with Gasteiger partial charge in [0.25, 0.3) is 5.91 Å². The zero-order chi connectivity index (χ0) is 20.0. The van der Waals surface area contributed by atoms with E-state index < -0.39 is 0 Å². The molecule has 2 aromatic carbocycles. The van der Waals surface area contributed by atoms with Crippen LogP contribution in [0.1, 0.15) is 29.6 Å². The van der Waals surface area contributed by atoms with E-state index in [2.05, 4.69) is 15.2 Å². The Morgan fingerprint density at radius 1 is 1.14 bits per heavy atom. The number of carbonyl (C=O) groups is 1. The number of pyridine rings is 1. The number of nitrogens with zero attached hydrogens (tertiary/aromatic N) is 2. The molecular weight excluding hydrogens is 389 g/mol. The molecule has 0 radical (unpaired) electrons. The molecule has 1 saturated heterocycles. The Morgan fingerprint density at radius 2 is 1.90 bits per heavy atom. The molecule has 1 atom stereocenters. The van der Waals surface area contributed by atoms with Gasteiger partial charge >= 0.3 is 0 Å². The first-order valence-electron chi connectivity index (χ1n) is 9.90. The van der Waals surface area contributed by atoms with E-state index in [9.17, 15) is 9.18 Å². The summed E-state index contributed by atoms with van der Waals surface area (Å²) in [5.74, 6) is -0.283. The summed E-state index contributed by atoms with van der Waals surface area (Å²) in [6, 6.07) is 13.9. The maximum Gasteiger partial charge on any atom is 0.251 e. The van der Waals surface area contributed by atoms with E-state index in [-0.39, 0.29) is 23.2 Å². The zero-order valence-corrected chi connectivity index (χ0v) is 16.6. The van der Waals surface area contributed by atoms with Crippen LogP contribution in [0.5, 0.6) is 0 Å². The highest BCUT2D eigenvalue weighted by Crippen LogP contribution is 2.54. The van der Waals surface area contributed by atoms with Crippen molar-refractivity contribution in [1.82, 2.24) is 10.3 Å². The Hall–Kier alpha value is -2.66. The van der Waals surface area contributed by atoms with Crippen LogP contribution in [-0.4, -0.2) is 30.0 Å². The van der Waals surface area contributed by atoms with Gasteiger partial charge in [-0.25, -0.2) is 4.39 Å². The standard InChI is InChI=1S/C23H21ClFN3O/c24-16-3-1-15(2-4-16)22(29)27-21-14-23(21)8-11-28(12-9-23)20-7-10-26-19-6-5-17(25)13-18(19)20/h1-7,10,13,21H,8-9,11-12,14H2,(H,27,29). The van der Waals surface area contributed by atoms with Gasteiger partial charge in [-0.1, -0.05) is 11.6 Å². The topological polar surface area (TPSA) is 45.2 Å². The van der Waals surface area contributed by atoms with Gasteiger partial charge in [0.1, 0.15) is 5.82 Å². The SMILES string of the molecule is O=C(NC1CC12CCN(c1ccnc3ccc(F)cc13)CC2)c1ccc(Cl)cc1. The Kier molecular flexibility index (Phi) is 4.43. The summed E-state index contributed by atoms with van der Waals surface area (Å²) in [6.45, 7) is 1.78. The van der Waals surface area contributed by atoms with Crippen LogP contribution in [-0.2, 0) is 0 Å². The number of hydrogen-bond donors (Lipinski definition) is 1. The van der Waals surface area contributed by atoms with Crippen molar-refractivity contribution in [2.24, 2.45) is 5.41 Å². The zero-order valence-electron chi connectivity index (χ0n) is 15.9. The lowest BCUT2D eigenvalue weighted by molar-refractivity contribution is 0.0943. The predicted octanol–water partition coefficient (Wildman–Crippen LogP) is 4.82. The third-order valence-electron chi connectivity index (χ3n) is 6.38. The quantitative estimate of drug-likeness (QED) is 0.674. The van der Waals surface area contributed by atoms with E-state index in [1.165, 1.54) is 6.07 Å². The van der Waals surface area contributed by atoms with Gasteiger partial charge in [0.2, 0.25) is 0 Å². The Morgan fingerprint density at radius 3 is 2.66 bits per heavy atom. The van der Waals surface area contributed by atoms with E-state index in [4.69, 9.17) is 11.6 Å². The number of piperidine rings is 1. The Bertz CT molecular complexity index is 1080. The molecule has 2 heterocycles. The second-order valence-corrected chi connectivity index (χ2v) is 8.51. The van der Waals surface area contributed by atoms with Crippen LogP contribution >= 0.6 is 11.6 Å². The highest BCUT2D eigenvalue weighted by Gasteiger charge is 2.55. The van der Waals surface area contributed by atoms with Crippen molar-refractivity contribution in [1.29, 1.82) is 0 Å². The Labute approximate surface area is 173 Å². The Balaban J connectivity index is 1.25. The first-order chi connectivity index (χ1) is 14.0. The number of aromatic nitrogens is 1. The smallest absolute Gasteiger partial charge is 0.251 e. The van der Waals surface area contributed by atoms with Gasteiger partial charge in [0.05, 0.1) is 5.52 Å². The molecule has 1 N–H and O–H groups in total. The van der Waals surface area contributed by atoms with Gasteiger partial charge < -0.3 is 10.2 Å². The minimum atomic E-state index is -0.243. The van der Waals surface area contributed by atoms with Crippen molar-refractivity contribution < 1.29 is 9.18 Å². The molecule has 1 aliphatic heterocycles. The number of fused-ring (bicyclic) bond motifs is 1. The van der Waals surface area contributed by atoms with Crippen LogP contribution in [0.4, 0.5) is 10.1 Å². The molecule has 29 heavy (non-hydrogen) atoms. The van der Waals surface area contributed by atoms with E-state index in [1.54, 1.807) is 42.6 Å². The predicted molar refractivity (Wildman–Crippen MR) is 113 cm³/mol. The van der Waals surface area contributed by atoms with E-state index in [1.807, 2.05) is 6.07 Å². The molecular formula is C23H21ClFN3O. The molecule has 3 aromatic rings. The number of anilines is 1. The van der Waals surface area contributed by atoms with Crippen molar-refractivity contribution in [3.8, 4) is 0 Å². The number of benzene rings is 2.